The molecule has 1 amide bonds. The molecule has 2 heterocycles. The van der Waals surface area contributed by atoms with E-state index in [0.29, 0.717) is 5.69 Å². The fourth-order valence-corrected chi connectivity index (χ4v) is 3.55. The number of carbonyl (C=O) groups is 2. The average molecular weight is 346 g/mol. The number of hydrogen-bond donors (Lipinski definition) is 2. The van der Waals surface area contributed by atoms with E-state index in [2.05, 4.69) is 4.98 Å². The number of aliphatic hydroxyl groups excluding tert-OH is 1. The number of aromatic nitrogens is 1. The van der Waals surface area contributed by atoms with Crippen LogP contribution in [0, 0.1) is 0 Å². The minimum atomic E-state index is -0.659. The fourth-order valence-electron chi connectivity index (χ4n) is 3.55. The molecule has 1 atom stereocenters. The van der Waals surface area contributed by atoms with Crippen molar-refractivity contribution in [2.24, 2.45) is 0 Å². The Balaban J connectivity index is 1.96. The molecule has 2 aromatic carbocycles. The summed E-state index contributed by atoms with van der Waals surface area (Å²) in [5.74, 6) is -1.25. The second-order valence-electron chi connectivity index (χ2n) is 6.24. The van der Waals surface area contributed by atoms with Crippen LogP contribution in [-0.4, -0.2) is 21.8 Å². The van der Waals surface area contributed by atoms with E-state index in [4.69, 9.17) is 0 Å². The predicted octanol–water partition coefficient (Wildman–Crippen LogP) is 4.05. The SMILES string of the molecule is CCC(=O)C1=C(O)C(=O)N(c2ccccc2)C1c1c[nH]c2ccccc12. The number of nitrogens with one attached hydrogen (secondary N) is 1. The minimum absolute atomic E-state index is 0.158. The summed E-state index contributed by atoms with van der Waals surface area (Å²) in [5.41, 5.74) is 2.50. The summed E-state index contributed by atoms with van der Waals surface area (Å²) in [6.07, 6.45) is 2.02. The molecular formula is C21H18N2O3. The molecule has 0 spiro atoms. The number of hydrogen-bond acceptors (Lipinski definition) is 3. The van der Waals surface area contributed by atoms with Gasteiger partial charge in [0.1, 0.15) is 0 Å². The summed E-state index contributed by atoms with van der Waals surface area (Å²) in [6.45, 7) is 1.73. The number of amides is 1. The molecule has 0 fully saturated rings. The van der Waals surface area contributed by atoms with Crippen LogP contribution in [0.2, 0.25) is 0 Å². The number of para-hydroxylation sites is 2. The Kier molecular flexibility index (Phi) is 3.84. The Bertz CT molecular complexity index is 1030. The Hall–Kier alpha value is -3.34. The third-order valence-corrected chi connectivity index (χ3v) is 4.78. The van der Waals surface area contributed by atoms with Crippen LogP contribution in [0.5, 0.6) is 0 Å². The van der Waals surface area contributed by atoms with Gasteiger partial charge in [-0.2, -0.15) is 0 Å². The number of anilines is 1. The average Bonchev–Trinajstić information content (AvgIpc) is 3.21. The maximum atomic E-state index is 12.8. The van der Waals surface area contributed by atoms with Crippen LogP contribution in [0.4, 0.5) is 5.69 Å². The number of rotatable bonds is 4. The smallest absolute Gasteiger partial charge is 0.294 e. The normalized spacial score (nSPS) is 17.3. The Morgan fingerprint density at radius 3 is 2.54 bits per heavy atom. The lowest BCUT2D eigenvalue weighted by atomic mass is 9.94. The van der Waals surface area contributed by atoms with Gasteiger partial charge < -0.3 is 10.1 Å². The van der Waals surface area contributed by atoms with Crippen molar-refractivity contribution in [3.8, 4) is 0 Å². The molecule has 130 valence electrons. The van der Waals surface area contributed by atoms with Crippen molar-refractivity contribution in [1.82, 2.24) is 4.98 Å². The highest BCUT2D eigenvalue weighted by molar-refractivity contribution is 6.17. The number of nitrogens with zero attached hydrogens (tertiary/aromatic N) is 1. The summed E-state index contributed by atoms with van der Waals surface area (Å²) in [6, 6.07) is 16.2. The lowest BCUT2D eigenvalue weighted by Crippen LogP contribution is -2.30. The molecular weight excluding hydrogens is 328 g/mol. The van der Waals surface area contributed by atoms with Crippen molar-refractivity contribution in [2.45, 2.75) is 19.4 Å². The van der Waals surface area contributed by atoms with Crippen LogP contribution in [0.1, 0.15) is 24.9 Å². The zero-order chi connectivity index (χ0) is 18.3. The van der Waals surface area contributed by atoms with E-state index in [0.717, 1.165) is 16.5 Å². The molecule has 3 aromatic rings. The van der Waals surface area contributed by atoms with Gasteiger partial charge in [-0.15, -0.1) is 0 Å². The molecule has 4 rings (SSSR count). The number of aromatic amines is 1. The monoisotopic (exact) mass is 346 g/mol. The van der Waals surface area contributed by atoms with Gasteiger partial charge in [0.25, 0.3) is 5.91 Å². The first-order valence-corrected chi connectivity index (χ1v) is 8.54. The van der Waals surface area contributed by atoms with Gasteiger partial charge in [-0.1, -0.05) is 43.3 Å². The highest BCUT2D eigenvalue weighted by Crippen LogP contribution is 2.43. The van der Waals surface area contributed by atoms with E-state index in [1.165, 1.54) is 4.90 Å². The van der Waals surface area contributed by atoms with Gasteiger partial charge >= 0.3 is 0 Å². The zero-order valence-corrected chi connectivity index (χ0v) is 14.3. The number of H-pyrrole nitrogens is 1. The molecule has 0 aliphatic carbocycles. The second kappa shape index (κ2) is 6.19. The summed E-state index contributed by atoms with van der Waals surface area (Å²) >= 11 is 0. The largest absolute Gasteiger partial charge is 0.503 e. The van der Waals surface area contributed by atoms with Crippen molar-refractivity contribution in [3.63, 3.8) is 0 Å². The third kappa shape index (κ3) is 2.32. The van der Waals surface area contributed by atoms with E-state index < -0.39 is 17.7 Å². The first-order chi connectivity index (χ1) is 12.6. The fraction of sp³-hybridized carbons (Fsp3) is 0.143. The van der Waals surface area contributed by atoms with Gasteiger partial charge in [-0.05, 0) is 18.2 Å². The first kappa shape index (κ1) is 16.1. The van der Waals surface area contributed by atoms with Crippen molar-refractivity contribution in [3.05, 3.63) is 77.7 Å². The number of benzene rings is 2. The van der Waals surface area contributed by atoms with Crippen LogP contribution in [0.3, 0.4) is 0 Å². The van der Waals surface area contributed by atoms with E-state index in [-0.39, 0.29) is 17.8 Å². The summed E-state index contributed by atoms with van der Waals surface area (Å²) < 4.78 is 0. The second-order valence-corrected chi connectivity index (χ2v) is 6.24. The lowest BCUT2D eigenvalue weighted by molar-refractivity contribution is -0.118. The Morgan fingerprint density at radius 1 is 1.12 bits per heavy atom. The van der Waals surface area contributed by atoms with Crippen LogP contribution < -0.4 is 4.90 Å². The molecule has 2 N–H and O–H groups in total. The molecule has 5 nitrogen and oxygen atoms in total. The van der Waals surface area contributed by atoms with Gasteiger partial charge in [-0.25, -0.2) is 0 Å². The third-order valence-electron chi connectivity index (χ3n) is 4.78. The number of fused-ring (bicyclic) bond motifs is 1. The molecule has 26 heavy (non-hydrogen) atoms. The van der Waals surface area contributed by atoms with Gasteiger partial charge in [0.05, 0.1) is 11.6 Å². The maximum Gasteiger partial charge on any atom is 0.294 e. The zero-order valence-electron chi connectivity index (χ0n) is 14.3. The number of aliphatic hydroxyl groups is 1. The highest BCUT2D eigenvalue weighted by Gasteiger charge is 2.44. The minimum Gasteiger partial charge on any atom is -0.503 e. The van der Waals surface area contributed by atoms with Crippen molar-refractivity contribution >= 4 is 28.3 Å². The first-order valence-electron chi connectivity index (χ1n) is 8.54. The van der Waals surface area contributed by atoms with Gasteiger partial charge in [0, 0.05) is 34.8 Å². The molecule has 1 aliphatic heterocycles. The lowest BCUT2D eigenvalue weighted by Gasteiger charge is -2.26. The van der Waals surface area contributed by atoms with Crippen LogP contribution in [0.25, 0.3) is 10.9 Å². The van der Waals surface area contributed by atoms with Gasteiger partial charge in [0.2, 0.25) is 0 Å². The van der Waals surface area contributed by atoms with Crippen molar-refractivity contribution in [2.75, 3.05) is 4.90 Å². The maximum absolute atomic E-state index is 12.8. The number of ketones is 1. The highest BCUT2D eigenvalue weighted by atomic mass is 16.3. The Morgan fingerprint density at radius 2 is 1.81 bits per heavy atom. The van der Waals surface area contributed by atoms with Crippen LogP contribution >= 0.6 is 0 Å². The molecule has 1 unspecified atom stereocenters. The molecule has 0 radical (unpaired) electrons. The molecule has 0 bridgehead atoms. The molecule has 1 aromatic heterocycles. The van der Waals surface area contributed by atoms with Crippen molar-refractivity contribution < 1.29 is 14.7 Å². The van der Waals surface area contributed by atoms with Gasteiger partial charge in [-0.3, -0.25) is 14.5 Å². The summed E-state index contributed by atoms with van der Waals surface area (Å²) in [7, 11) is 0. The van der Waals surface area contributed by atoms with Crippen LogP contribution in [0.15, 0.2) is 72.1 Å². The standard InChI is InChI=1S/C21H18N2O3/c1-2-17(24)18-19(15-12-22-16-11-7-6-10-14(15)16)23(21(26)20(18)25)13-8-4-3-5-9-13/h3-12,19,22,25H,2H2,1H3. The number of Topliss-reactive ketones (excluding diaryl/α,β-unsaturated/α-hetero) is 1. The summed E-state index contributed by atoms with van der Waals surface area (Å²) in [5, 5.41) is 11.4. The Labute approximate surface area is 150 Å². The molecule has 5 heteroatoms. The topological polar surface area (TPSA) is 73.4 Å². The number of carbonyl (C=O) groups excluding carboxylic acids is 2. The van der Waals surface area contributed by atoms with E-state index >= 15 is 0 Å². The summed E-state index contributed by atoms with van der Waals surface area (Å²) in [4.78, 5) is 30.1. The molecule has 0 saturated carbocycles. The molecule has 1 aliphatic rings. The van der Waals surface area contributed by atoms with Crippen molar-refractivity contribution in [1.29, 1.82) is 0 Å². The van der Waals surface area contributed by atoms with E-state index in [9.17, 15) is 14.7 Å². The van der Waals surface area contributed by atoms with E-state index in [1.54, 1.807) is 25.3 Å². The predicted molar refractivity (Wildman–Crippen MR) is 99.9 cm³/mol. The van der Waals surface area contributed by atoms with E-state index in [1.807, 2.05) is 42.5 Å². The van der Waals surface area contributed by atoms with Gasteiger partial charge in [0.15, 0.2) is 11.5 Å². The van der Waals surface area contributed by atoms with Crippen LogP contribution in [-0.2, 0) is 9.59 Å². The molecule has 0 saturated heterocycles. The quantitative estimate of drug-likeness (QED) is 0.748.